The normalized spacial score (nSPS) is 10.3. The summed E-state index contributed by atoms with van der Waals surface area (Å²) in [6, 6.07) is 11.1. The lowest BCUT2D eigenvalue weighted by atomic mass is 10.2. The zero-order valence-electron chi connectivity index (χ0n) is 14.8. The van der Waals surface area contributed by atoms with Gasteiger partial charge in [0.25, 0.3) is 5.91 Å². The Hall–Kier alpha value is -4.47. The van der Waals surface area contributed by atoms with E-state index in [0.717, 1.165) is 0 Å². The predicted molar refractivity (Wildman–Crippen MR) is 101 cm³/mol. The van der Waals surface area contributed by atoms with Crippen LogP contribution in [0.4, 0.5) is 5.69 Å². The van der Waals surface area contributed by atoms with Crippen LogP contribution in [0.5, 0.6) is 5.75 Å². The molecule has 4 aromatic rings. The lowest BCUT2D eigenvalue weighted by Crippen LogP contribution is -2.14. The Kier molecular flexibility index (Phi) is 4.97. The molecule has 29 heavy (non-hydrogen) atoms. The molecule has 0 atom stereocenters. The number of amides is 1. The first-order valence-corrected chi connectivity index (χ1v) is 8.42. The van der Waals surface area contributed by atoms with Gasteiger partial charge in [-0.1, -0.05) is 0 Å². The second-order valence-electron chi connectivity index (χ2n) is 5.75. The van der Waals surface area contributed by atoms with Gasteiger partial charge in [0.1, 0.15) is 12.0 Å². The maximum Gasteiger partial charge on any atom is 0.343 e. The molecule has 0 unspecified atom stereocenters. The van der Waals surface area contributed by atoms with Gasteiger partial charge in [0.05, 0.1) is 5.56 Å². The Balaban J connectivity index is 1.62. The van der Waals surface area contributed by atoms with Gasteiger partial charge < -0.3 is 10.1 Å². The molecule has 0 saturated carbocycles. The number of hydrogen-bond donors (Lipinski definition) is 1. The SMILES string of the molecule is O=C(Nc1ccc(OC(=O)c2ccncc2)c(-n2cnnn2)c1)c1ccncc1. The second kappa shape index (κ2) is 8.05. The van der Waals surface area contributed by atoms with Gasteiger partial charge in [0.15, 0.2) is 5.75 Å². The average molecular weight is 387 g/mol. The van der Waals surface area contributed by atoms with Crippen LogP contribution in [-0.4, -0.2) is 42.1 Å². The number of carbonyl (C=O) groups is 2. The molecule has 3 aromatic heterocycles. The minimum Gasteiger partial charge on any atom is -0.421 e. The molecule has 0 spiro atoms. The summed E-state index contributed by atoms with van der Waals surface area (Å²) in [5.74, 6) is -0.645. The molecular formula is C19H13N7O3. The third kappa shape index (κ3) is 4.11. The van der Waals surface area contributed by atoms with Crippen molar-refractivity contribution >= 4 is 17.6 Å². The Morgan fingerprint density at radius 1 is 0.897 bits per heavy atom. The van der Waals surface area contributed by atoms with Crippen LogP contribution in [0.2, 0.25) is 0 Å². The largest absolute Gasteiger partial charge is 0.421 e. The molecule has 4 rings (SSSR count). The van der Waals surface area contributed by atoms with Crippen LogP contribution in [0.15, 0.2) is 73.6 Å². The molecule has 0 bridgehead atoms. The van der Waals surface area contributed by atoms with Gasteiger partial charge in [-0.15, -0.1) is 5.10 Å². The summed E-state index contributed by atoms with van der Waals surface area (Å²) in [5.41, 5.74) is 1.65. The van der Waals surface area contributed by atoms with Gasteiger partial charge in [-0.3, -0.25) is 14.8 Å². The summed E-state index contributed by atoms with van der Waals surface area (Å²) < 4.78 is 6.83. The van der Waals surface area contributed by atoms with Crippen LogP contribution in [0, 0.1) is 0 Å². The van der Waals surface area contributed by atoms with E-state index < -0.39 is 5.97 Å². The van der Waals surface area contributed by atoms with Crippen molar-refractivity contribution in [1.82, 2.24) is 30.2 Å². The molecule has 1 N–H and O–H groups in total. The van der Waals surface area contributed by atoms with E-state index in [1.54, 1.807) is 42.5 Å². The van der Waals surface area contributed by atoms with Crippen LogP contribution in [0.3, 0.4) is 0 Å². The average Bonchev–Trinajstić information content (AvgIpc) is 3.31. The Labute approximate surface area is 164 Å². The highest BCUT2D eigenvalue weighted by molar-refractivity contribution is 6.04. The molecule has 142 valence electrons. The van der Waals surface area contributed by atoms with E-state index in [4.69, 9.17) is 4.74 Å². The van der Waals surface area contributed by atoms with Gasteiger partial charge in [-0.25, -0.2) is 4.79 Å². The molecule has 10 heteroatoms. The van der Waals surface area contributed by atoms with Crippen molar-refractivity contribution in [3.05, 3.63) is 84.7 Å². The molecule has 0 saturated heterocycles. The van der Waals surface area contributed by atoms with E-state index in [-0.39, 0.29) is 11.7 Å². The van der Waals surface area contributed by atoms with Crippen LogP contribution in [-0.2, 0) is 0 Å². The van der Waals surface area contributed by atoms with Gasteiger partial charge in [-0.05, 0) is 52.9 Å². The molecule has 0 aliphatic heterocycles. The lowest BCUT2D eigenvalue weighted by molar-refractivity contribution is 0.0734. The Morgan fingerprint density at radius 2 is 1.59 bits per heavy atom. The monoisotopic (exact) mass is 387 g/mol. The zero-order chi connectivity index (χ0) is 20.1. The number of aromatic nitrogens is 6. The van der Waals surface area contributed by atoms with Crippen LogP contribution in [0.25, 0.3) is 5.69 Å². The highest BCUT2D eigenvalue weighted by atomic mass is 16.5. The van der Waals surface area contributed by atoms with Crippen molar-refractivity contribution in [2.24, 2.45) is 0 Å². The Bertz CT molecular complexity index is 1130. The smallest absolute Gasteiger partial charge is 0.343 e. The molecule has 0 radical (unpaired) electrons. The maximum absolute atomic E-state index is 12.4. The zero-order valence-corrected chi connectivity index (χ0v) is 14.8. The number of nitrogens with zero attached hydrogens (tertiary/aromatic N) is 6. The fourth-order valence-electron chi connectivity index (χ4n) is 2.49. The van der Waals surface area contributed by atoms with E-state index in [1.165, 1.54) is 35.8 Å². The number of benzene rings is 1. The molecule has 0 fully saturated rings. The Morgan fingerprint density at radius 3 is 2.24 bits per heavy atom. The van der Waals surface area contributed by atoms with Crippen molar-refractivity contribution in [2.75, 3.05) is 5.32 Å². The summed E-state index contributed by atoms with van der Waals surface area (Å²) in [6.45, 7) is 0. The van der Waals surface area contributed by atoms with Gasteiger partial charge in [-0.2, -0.15) is 4.68 Å². The van der Waals surface area contributed by atoms with Crippen molar-refractivity contribution in [3.8, 4) is 11.4 Å². The van der Waals surface area contributed by atoms with Crippen molar-refractivity contribution in [2.45, 2.75) is 0 Å². The first-order chi connectivity index (χ1) is 14.2. The fraction of sp³-hybridized carbons (Fsp3) is 0. The lowest BCUT2D eigenvalue weighted by Gasteiger charge is -2.12. The topological polar surface area (TPSA) is 125 Å². The summed E-state index contributed by atoms with van der Waals surface area (Å²) in [7, 11) is 0. The summed E-state index contributed by atoms with van der Waals surface area (Å²) in [5, 5.41) is 13.8. The molecule has 0 aliphatic carbocycles. The third-order valence-corrected chi connectivity index (χ3v) is 3.87. The predicted octanol–water partition coefficient (Wildman–Crippen LogP) is 1.92. The number of anilines is 1. The molecule has 1 aromatic carbocycles. The first kappa shape index (κ1) is 17.9. The highest BCUT2D eigenvalue weighted by Gasteiger charge is 2.15. The van der Waals surface area contributed by atoms with Crippen molar-refractivity contribution < 1.29 is 14.3 Å². The van der Waals surface area contributed by atoms with E-state index in [2.05, 4.69) is 30.8 Å². The number of tetrazole rings is 1. The number of ether oxygens (including phenoxy) is 1. The minimum atomic E-state index is -0.560. The van der Waals surface area contributed by atoms with E-state index in [9.17, 15) is 9.59 Å². The van der Waals surface area contributed by atoms with E-state index in [1.807, 2.05) is 0 Å². The van der Waals surface area contributed by atoms with Crippen LogP contribution < -0.4 is 10.1 Å². The van der Waals surface area contributed by atoms with Gasteiger partial charge >= 0.3 is 5.97 Å². The molecular weight excluding hydrogens is 374 g/mol. The number of hydrogen-bond acceptors (Lipinski definition) is 8. The standard InChI is InChI=1S/C19H13N7O3/c27-18(13-3-7-20-8-4-13)23-15-1-2-17(16(11-15)26-12-22-24-25-26)29-19(28)14-5-9-21-10-6-14/h1-12H,(H,23,27). The van der Waals surface area contributed by atoms with E-state index in [0.29, 0.717) is 22.5 Å². The number of carbonyl (C=O) groups excluding carboxylic acids is 2. The molecule has 10 nitrogen and oxygen atoms in total. The molecule has 1 amide bonds. The fourth-order valence-corrected chi connectivity index (χ4v) is 2.49. The quantitative estimate of drug-likeness (QED) is 0.407. The number of esters is 1. The number of nitrogens with one attached hydrogen (secondary N) is 1. The first-order valence-electron chi connectivity index (χ1n) is 8.42. The van der Waals surface area contributed by atoms with Crippen molar-refractivity contribution in [1.29, 1.82) is 0 Å². The minimum absolute atomic E-state index is 0.223. The summed E-state index contributed by atoms with van der Waals surface area (Å²) in [4.78, 5) is 32.5. The third-order valence-electron chi connectivity index (χ3n) is 3.87. The van der Waals surface area contributed by atoms with Crippen LogP contribution >= 0.6 is 0 Å². The summed E-state index contributed by atoms with van der Waals surface area (Å²) >= 11 is 0. The molecule has 3 heterocycles. The molecule has 0 aliphatic rings. The van der Waals surface area contributed by atoms with E-state index >= 15 is 0 Å². The maximum atomic E-state index is 12.4. The highest BCUT2D eigenvalue weighted by Crippen LogP contribution is 2.27. The summed E-state index contributed by atoms with van der Waals surface area (Å²) in [6.07, 6.45) is 7.41. The number of pyridine rings is 2. The van der Waals surface area contributed by atoms with Crippen LogP contribution in [0.1, 0.15) is 20.7 Å². The van der Waals surface area contributed by atoms with Crippen molar-refractivity contribution in [3.63, 3.8) is 0 Å². The van der Waals surface area contributed by atoms with Gasteiger partial charge in [0, 0.05) is 36.0 Å². The van der Waals surface area contributed by atoms with Gasteiger partial charge in [0.2, 0.25) is 0 Å². The number of rotatable bonds is 5. The second-order valence-corrected chi connectivity index (χ2v) is 5.75.